The van der Waals surface area contributed by atoms with Gasteiger partial charge in [-0.1, -0.05) is 192 Å². The van der Waals surface area contributed by atoms with Gasteiger partial charge in [-0.2, -0.15) is 0 Å². The molecular weight excluding hydrogens is 955 g/mol. The van der Waals surface area contributed by atoms with Crippen molar-refractivity contribution in [3.8, 4) is 50.4 Å². The van der Waals surface area contributed by atoms with Crippen molar-refractivity contribution in [1.82, 2.24) is 13.7 Å². The predicted molar refractivity (Wildman–Crippen MR) is 341 cm³/mol. The first-order valence-electron chi connectivity index (χ1n) is 28.3. The molecule has 0 saturated heterocycles. The maximum Gasteiger partial charge on any atom is 0.0561 e. The Balaban J connectivity index is 1.05. The molecule has 0 fully saturated rings. The summed E-state index contributed by atoms with van der Waals surface area (Å²) in [6.45, 7) is 27.8. The number of hydrogen-bond acceptors (Lipinski definition) is 0. The van der Waals surface area contributed by atoms with E-state index in [1.807, 2.05) is 0 Å². The van der Waals surface area contributed by atoms with Gasteiger partial charge in [0.05, 0.1) is 33.1 Å². The molecule has 3 heteroatoms. The van der Waals surface area contributed by atoms with Gasteiger partial charge in [-0.25, -0.2) is 0 Å². The zero-order valence-corrected chi connectivity index (χ0v) is 48.0. The van der Waals surface area contributed by atoms with Gasteiger partial charge in [0.1, 0.15) is 0 Å². The molecular formula is C76H71N3. The first kappa shape index (κ1) is 50.1. The second-order valence-corrected chi connectivity index (χ2v) is 26.4. The van der Waals surface area contributed by atoms with Gasteiger partial charge in [0.25, 0.3) is 0 Å². The third kappa shape index (κ3) is 8.66. The zero-order valence-electron chi connectivity index (χ0n) is 48.0. The van der Waals surface area contributed by atoms with Gasteiger partial charge in [0, 0.05) is 49.4 Å². The molecule has 0 spiro atoms. The molecule has 10 aromatic carbocycles. The lowest BCUT2D eigenvalue weighted by molar-refractivity contribution is 0.590. The summed E-state index contributed by atoms with van der Waals surface area (Å²) in [5.74, 6) is 0. The van der Waals surface area contributed by atoms with Gasteiger partial charge in [-0.15, -0.1) is 0 Å². The molecule has 0 aliphatic heterocycles. The minimum absolute atomic E-state index is 0.0112. The summed E-state index contributed by atoms with van der Waals surface area (Å²) in [6, 6.07) is 80.7. The number of hydrogen-bond donors (Lipinski definition) is 0. The minimum Gasteiger partial charge on any atom is -0.309 e. The summed E-state index contributed by atoms with van der Waals surface area (Å²) in [7, 11) is 0. The van der Waals surface area contributed by atoms with Crippen LogP contribution in [0.2, 0.25) is 0 Å². The Morgan fingerprint density at radius 2 is 0.481 bits per heavy atom. The number of rotatable bonds is 6. The number of aromatic nitrogens is 3. The van der Waals surface area contributed by atoms with E-state index in [1.54, 1.807) is 0 Å². The van der Waals surface area contributed by atoms with E-state index < -0.39 is 0 Å². The molecule has 390 valence electrons. The van der Waals surface area contributed by atoms with Crippen molar-refractivity contribution in [3.05, 3.63) is 235 Å². The van der Waals surface area contributed by atoms with Crippen LogP contribution in [-0.2, 0) is 21.7 Å². The molecule has 79 heavy (non-hydrogen) atoms. The molecule has 3 heterocycles. The van der Waals surface area contributed by atoms with Gasteiger partial charge in [0.2, 0.25) is 0 Å². The SMILES string of the molecule is CC(C)(C)c1ccc2c(c1)c1cc(C(C)(C)C)ccc1n2-c1ccc2c3ccc(-n4c5ccc(C(C)(C)C)cc5c5cc(C(C)(C)C)ccc54)cc3n(-c3ccc(-c4cc(-c5ccccc5)cc(-c5ccccc5)c4)cc3)c2c1. The zero-order chi connectivity index (χ0) is 54.9. The molecule has 0 aliphatic carbocycles. The molecule has 0 saturated carbocycles. The van der Waals surface area contributed by atoms with Crippen LogP contribution in [-0.4, -0.2) is 13.7 Å². The third-order valence-corrected chi connectivity index (χ3v) is 16.9. The van der Waals surface area contributed by atoms with Crippen molar-refractivity contribution >= 4 is 65.4 Å². The van der Waals surface area contributed by atoms with E-state index in [4.69, 9.17) is 0 Å². The molecule has 3 nitrogen and oxygen atoms in total. The van der Waals surface area contributed by atoms with Gasteiger partial charge in [0.15, 0.2) is 0 Å². The van der Waals surface area contributed by atoms with E-state index in [1.165, 1.54) is 110 Å². The highest BCUT2D eigenvalue weighted by molar-refractivity contribution is 6.14. The minimum atomic E-state index is 0.0112. The van der Waals surface area contributed by atoms with E-state index in [9.17, 15) is 0 Å². The Morgan fingerprint density at radius 3 is 0.785 bits per heavy atom. The Labute approximate surface area is 466 Å². The summed E-state index contributed by atoms with van der Waals surface area (Å²) < 4.78 is 7.52. The van der Waals surface area contributed by atoms with E-state index in [2.05, 4.69) is 309 Å². The molecule has 13 aromatic rings. The monoisotopic (exact) mass is 1030 g/mol. The van der Waals surface area contributed by atoms with Crippen LogP contribution in [0.4, 0.5) is 0 Å². The average Bonchev–Trinajstić information content (AvgIpc) is 3.86. The van der Waals surface area contributed by atoms with Crippen LogP contribution in [0, 0.1) is 0 Å². The van der Waals surface area contributed by atoms with Crippen molar-refractivity contribution in [2.45, 2.75) is 105 Å². The fourth-order valence-electron chi connectivity index (χ4n) is 12.2. The summed E-state index contributed by atoms with van der Waals surface area (Å²) >= 11 is 0. The highest BCUT2D eigenvalue weighted by Gasteiger charge is 2.25. The van der Waals surface area contributed by atoms with Crippen LogP contribution < -0.4 is 0 Å². The molecule has 0 amide bonds. The van der Waals surface area contributed by atoms with E-state index in [0.29, 0.717) is 0 Å². The van der Waals surface area contributed by atoms with E-state index >= 15 is 0 Å². The predicted octanol–water partition coefficient (Wildman–Crippen LogP) is 21.2. The van der Waals surface area contributed by atoms with Crippen LogP contribution in [0.1, 0.15) is 105 Å². The maximum atomic E-state index is 2.52. The van der Waals surface area contributed by atoms with E-state index in [0.717, 1.165) is 28.1 Å². The number of nitrogens with zero attached hydrogens (tertiary/aromatic N) is 3. The van der Waals surface area contributed by atoms with Gasteiger partial charge >= 0.3 is 0 Å². The summed E-state index contributed by atoms with van der Waals surface area (Å²) in [5.41, 5.74) is 23.1. The molecule has 0 atom stereocenters. The van der Waals surface area contributed by atoms with Crippen molar-refractivity contribution in [3.63, 3.8) is 0 Å². The number of fused-ring (bicyclic) bond motifs is 9. The Morgan fingerprint density at radius 1 is 0.203 bits per heavy atom. The van der Waals surface area contributed by atoms with Crippen LogP contribution in [0.5, 0.6) is 0 Å². The van der Waals surface area contributed by atoms with Crippen LogP contribution in [0.3, 0.4) is 0 Å². The van der Waals surface area contributed by atoms with Crippen LogP contribution in [0.15, 0.2) is 212 Å². The van der Waals surface area contributed by atoms with Crippen LogP contribution in [0.25, 0.3) is 116 Å². The quantitative estimate of drug-likeness (QED) is 0.158. The van der Waals surface area contributed by atoms with Crippen molar-refractivity contribution < 1.29 is 0 Å². The molecule has 0 unspecified atom stereocenters. The molecule has 0 aliphatic rings. The first-order valence-corrected chi connectivity index (χ1v) is 28.3. The molecule has 13 rings (SSSR count). The van der Waals surface area contributed by atoms with E-state index in [-0.39, 0.29) is 21.7 Å². The largest absolute Gasteiger partial charge is 0.309 e. The lowest BCUT2D eigenvalue weighted by Crippen LogP contribution is -2.10. The summed E-state index contributed by atoms with van der Waals surface area (Å²) in [4.78, 5) is 0. The lowest BCUT2D eigenvalue weighted by Gasteiger charge is -2.19. The molecule has 3 aromatic heterocycles. The first-order chi connectivity index (χ1) is 37.7. The fraction of sp³-hybridized carbons (Fsp3) is 0.211. The number of benzene rings is 10. The highest BCUT2D eigenvalue weighted by atomic mass is 15.0. The summed E-state index contributed by atoms with van der Waals surface area (Å²) in [5, 5.41) is 7.59. The van der Waals surface area contributed by atoms with Crippen molar-refractivity contribution in [1.29, 1.82) is 0 Å². The fourth-order valence-corrected chi connectivity index (χ4v) is 12.2. The third-order valence-electron chi connectivity index (χ3n) is 16.9. The second-order valence-electron chi connectivity index (χ2n) is 26.4. The maximum absolute atomic E-state index is 2.52. The second kappa shape index (κ2) is 18.1. The average molecular weight is 1030 g/mol. The smallest absolute Gasteiger partial charge is 0.0561 e. The molecule has 0 bridgehead atoms. The highest BCUT2D eigenvalue weighted by Crippen LogP contribution is 2.43. The molecule has 0 N–H and O–H groups in total. The van der Waals surface area contributed by atoms with Crippen molar-refractivity contribution in [2.24, 2.45) is 0 Å². The van der Waals surface area contributed by atoms with Crippen LogP contribution >= 0.6 is 0 Å². The molecule has 0 radical (unpaired) electrons. The Bertz CT molecular complexity index is 4120. The standard InChI is InChI=1S/C76H71N3/c1-73(2,3)54-25-35-67-63(42-54)64-43-55(74(4,5)6)26-36-68(64)78(67)59-31-33-61-62-34-32-60(79-69-37-27-56(75(7,8)9)44-65(69)66-45-57(76(10,11)12)28-38-70(66)79)47-72(62)77(71(61)46-59)58-29-23-50(24-30-58)53-40-51(48-19-15-13-16-20-48)39-52(41-53)49-21-17-14-18-22-49/h13-47H,1-12H3. The Kier molecular flexibility index (Phi) is 11.5. The van der Waals surface area contributed by atoms with Gasteiger partial charge in [-0.3, -0.25) is 0 Å². The normalized spacial score (nSPS) is 12.8. The summed E-state index contributed by atoms with van der Waals surface area (Å²) in [6.07, 6.45) is 0. The topological polar surface area (TPSA) is 14.8 Å². The van der Waals surface area contributed by atoms with Gasteiger partial charge in [-0.05, 0) is 180 Å². The van der Waals surface area contributed by atoms with Crippen molar-refractivity contribution in [2.75, 3.05) is 0 Å². The lowest BCUT2D eigenvalue weighted by atomic mass is 9.85. The Hall–Kier alpha value is -8.40. The van der Waals surface area contributed by atoms with Gasteiger partial charge < -0.3 is 13.7 Å².